The molecule has 0 saturated heterocycles. The molecule has 2 rings (SSSR count). The number of carbonyl (C=O) groups excluding carboxylic acids is 1. The Morgan fingerprint density at radius 3 is 2.67 bits per heavy atom. The van der Waals surface area contributed by atoms with Crippen LogP contribution < -0.4 is 10.2 Å². The number of hydrazone groups is 1. The Balaban J connectivity index is 1.86. The van der Waals surface area contributed by atoms with Crippen molar-refractivity contribution in [2.75, 3.05) is 6.61 Å². The lowest BCUT2D eigenvalue weighted by Gasteiger charge is -2.06. The van der Waals surface area contributed by atoms with E-state index in [0.29, 0.717) is 15.8 Å². The van der Waals surface area contributed by atoms with Gasteiger partial charge in [-0.3, -0.25) is 4.79 Å². The van der Waals surface area contributed by atoms with E-state index in [1.54, 1.807) is 12.1 Å². The number of aryl methyl sites for hydroxylation is 1. The molecule has 0 atom stereocenters. The predicted octanol–water partition coefficient (Wildman–Crippen LogP) is 4.01. The summed E-state index contributed by atoms with van der Waals surface area (Å²) >= 11 is 6.55. The zero-order chi connectivity index (χ0) is 17.5. The normalized spacial score (nSPS) is 10.8. The Morgan fingerprint density at radius 2 is 2.00 bits per heavy atom. The van der Waals surface area contributed by atoms with Crippen molar-refractivity contribution in [3.05, 3.63) is 56.5 Å². The number of hydrogen-bond donors (Lipinski definition) is 2. The number of benzene rings is 2. The molecule has 0 aliphatic heterocycles. The first kappa shape index (κ1) is 18.5. The second-order valence-corrected chi connectivity index (χ2v) is 6.67. The molecular weight excluding hydrogens is 440 g/mol. The van der Waals surface area contributed by atoms with Gasteiger partial charge in [0.1, 0.15) is 11.5 Å². The second kappa shape index (κ2) is 8.84. The summed E-state index contributed by atoms with van der Waals surface area (Å²) in [6.07, 6.45) is 2.31. The number of halogens is 2. The predicted molar refractivity (Wildman–Crippen MR) is 101 cm³/mol. The summed E-state index contributed by atoms with van der Waals surface area (Å²) in [7, 11) is 0. The standard InChI is InChI=1S/C17H16Br2N2O3/c1-2-11-3-5-14(6-4-11)24-10-16(22)21-20-9-12-7-13(18)8-15(19)17(12)23/h3-9,23H,2,10H2,1H3,(H,21,22)/b20-9+. The van der Waals surface area contributed by atoms with Crippen LogP contribution in [0.5, 0.6) is 11.5 Å². The zero-order valence-electron chi connectivity index (χ0n) is 12.9. The fourth-order valence-electron chi connectivity index (χ4n) is 1.86. The Bertz CT molecular complexity index is 746. The minimum atomic E-state index is -0.389. The van der Waals surface area contributed by atoms with E-state index >= 15 is 0 Å². The summed E-state index contributed by atoms with van der Waals surface area (Å²) in [6.45, 7) is 1.93. The van der Waals surface area contributed by atoms with Gasteiger partial charge >= 0.3 is 0 Å². The van der Waals surface area contributed by atoms with Crippen molar-refractivity contribution < 1.29 is 14.6 Å². The minimum absolute atomic E-state index is 0.0449. The largest absolute Gasteiger partial charge is 0.506 e. The molecule has 0 spiro atoms. The van der Waals surface area contributed by atoms with Gasteiger partial charge in [0, 0.05) is 10.0 Å². The number of phenolic OH excluding ortho intramolecular Hbond substituents is 1. The molecule has 0 aliphatic rings. The Morgan fingerprint density at radius 1 is 1.29 bits per heavy atom. The fourth-order valence-corrected chi connectivity index (χ4v) is 3.12. The molecule has 0 aromatic heterocycles. The van der Waals surface area contributed by atoms with Crippen LogP contribution in [0.15, 0.2) is 50.4 Å². The molecule has 7 heteroatoms. The monoisotopic (exact) mass is 454 g/mol. The number of nitrogens with one attached hydrogen (secondary N) is 1. The maximum atomic E-state index is 11.7. The van der Waals surface area contributed by atoms with Gasteiger partial charge in [0.05, 0.1) is 10.7 Å². The van der Waals surface area contributed by atoms with Gasteiger partial charge in [0.15, 0.2) is 6.61 Å². The topological polar surface area (TPSA) is 70.9 Å². The van der Waals surface area contributed by atoms with Gasteiger partial charge in [-0.1, -0.05) is 35.0 Å². The molecule has 2 N–H and O–H groups in total. The van der Waals surface area contributed by atoms with E-state index in [4.69, 9.17) is 4.74 Å². The smallest absolute Gasteiger partial charge is 0.277 e. The third-order valence-corrected chi connectivity index (χ3v) is 4.21. The van der Waals surface area contributed by atoms with Crippen molar-refractivity contribution in [3.63, 3.8) is 0 Å². The fraction of sp³-hybridized carbons (Fsp3) is 0.176. The van der Waals surface area contributed by atoms with Gasteiger partial charge in [-0.2, -0.15) is 5.10 Å². The first-order valence-corrected chi connectivity index (χ1v) is 8.80. The van der Waals surface area contributed by atoms with E-state index < -0.39 is 0 Å². The highest BCUT2D eigenvalue weighted by molar-refractivity contribution is 9.11. The lowest BCUT2D eigenvalue weighted by Crippen LogP contribution is -2.24. The van der Waals surface area contributed by atoms with Crippen molar-refractivity contribution in [2.24, 2.45) is 5.10 Å². The summed E-state index contributed by atoms with van der Waals surface area (Å²) in [5.41, 5.74) is 4.02. The van der Waals surface area contributed by atoms with Crippen LogP contribution >= 0.6 is 31.9 Å². The summed E-state index contributed by atoms with van der Waals surface area (Å²) in [5, 5.41) is 13.7. The number of carbonyl (C=O) groups is 1. The van der Waals surface area contributed by atoms with Crippen LogP contribution in [0.25, 0.3) is 0 Å². The summed E-state index contributed by atoms with van der Waals surface area (Å²) in [6, 6.07) is 11.0. The molecule has 0 unspecified atom stereocenters. The molecular formula is C17H16Br2N2O3. The molecule has 2 aromatic rings. The molecule has 0 heterocycles. The molecule has 24 heavy (non-hydrogen) atoms. The third-order valence-electron chi connectivity index (χ3n) is 3.15. The first-order valence-electron chi connectivity index (χ1n) is 7.21. The van der Waals surface area contributed by atoms with Crippen LogP contribution in [0.4, 0.5) is 0 Å². The molecule has 0 aliphatic carbocycles. The van der Waals surface area contributed by atoms with E-state index in [1.165, 1.54) is 11.8 Å². The highest BCUT2D eigenvalue weighted by Gasteiger charge is 2.06. The molecule has 2 aromatic carbocycles. The number of aromatic hydroxyl groups is 1. The summed E-state index contributed by atoms with van der Waals surface area (Å²) in [5.74, 6) is 0.280. The molecule has 0 radical (unpaired) electrons. The Labute approximate surface area is 157 Å². The minimum Gasteiger partial charge on any atom is -0.506 e. The highest BCUT2D eigenvalue weighted by atomic mass is 79.9. The summed E-state index contributed by atoms with van der Waals surface area (Å²) in [4.78, 5) is 11.7. The van der Waals surface area contributed by atoms with Crippen LogP contribution in [-0.2, 0) is 11.2 Å². The number of amides is 1. The Kier molecular flexibility index (Phi) is 6.81. The average molecular weight is 456 g/mol. The lowest BCUT2D eigenvalue weighted by atomic mass is 10.2. The maximum absolute atomic E-state index is 11.7. The molecule has 126 valence electrons. The van der Waals surface area contributed by atoms with Crippen LogP contribution in [-0.4, -0.2) is 23.8 Å². The van der Waals surface area contributed by atoms with Crippen LogP contribution in [0.2, 0.25) is 0 Å². The van der Waals surface area contributed by atoms with Gasteiger partial charge in [-0.05, 0) is 52.2 Å². The zero-order valence-corrected chi connectivity index (χ0v) is 16.1. The molecule has 5 nitrogen and oxygen atoms in total. The SMILES string of the molecule is CCc1ccc(OCC(=O)N/N=C/c2cc(Br)cc(Br)c2O)cc1. The van der Waals surface area contributed by atoms with Gasteiger partial charge < -0.3 is 9.84 Å². The van der Waals surface area contributed by atoms with E-state index in [2.05, 4.69) is 49.3 Å². The number of hydrogen-bond acceptors (Lipinski definition) is 4. The van der Waals surface area contributed by atoms with Crippen LogP contribution in [0.1, 0.15) is 18.1 Å². The quantitative estimate of drug-likeness (QED) is 0.510. The second-order valence-electron chi connectivity index (χ2n) is 4.90. The van der Waals surface area contributed by atoms with Crippen LogP contribution in [0, 0.1) is 0 Å². The number of rotatable bonds is 6. The summed E-state index contributed by atoms with van der Waals surface area (Å²) < 4.78 is 6.69. The van der Waals surface area contributed by atoms with Crippen molar-refractivity contribution in [1.29, 1.82) is 0 Å². The molecule has 0 fully saturated rings. The van der Waals surface area contributed by atoms with Crippen molar-refractivity contribution in [2.45, 2.75) is 13.3 Å². The number of ether oxygens (including phenoxy) is 1. The lowest BCUT2D eigenvalue weighted by molar-refractivity contribution is -0.123. The van der Waals surface area contributed by atoms with Gasteiger partial charge in [0.25, 0.3) is 5.91 Å². The molecule has 0 saturated carbocycles. The van der Waals surface area contributed by atoms with Crippen molar-refractivity contribution in [1.82, 2.24) is 5.43 Å². The van der Waals surface area contributed by atoms with Gasteiger partial charge in [0.2, 0.25) is 0 Å². The molecule has 0 bridgehead atoms. The van der Waals surface area contributed by atoms with E-state index in [1.807, 2.05) is 24.3 Å². The third kappa shape index (κ3) is 5.35. The van der Waals surface area contributed by atoms with Gasteiger partial charge in [-0.15, -0.1) is 0 Å². The van der Waals surface area contributed by atoms with E-state index in [-0.39, 0.29) is 18.3 Å². The van der Waals surface area contributed by atoms with Gasteiger partial charge in [-0.25, -0.2) is 5.43 Å². The van der Waals surface area contributed by atoms with Crippen LogP contribution in [0.3, 0.4) is 0 Å². The Hall–Kier alpha value is -1.86. The highest BCUT2D eigenvalue weighted by Crippen LogP contribution is 2.30. The van der Waals surface area contributed by atoms with Crippen molar-refractivity contribution >= 4 is 44.0 Å². The first-order chi connectivity index (χ1) is 11.5. The number of phenols is 1. The van der Waals surface area contributed by atoms with E-state index in [0.717, 1.165) is 10.9 Å². The average Bonchev–Trinajstić information content (AvgIpc) is 2.57. The maximum Gasteiger partial charge on any atom is 0.277 e. The molecule has 1 amide bonds. The van der Waals surface area contributed by atoms with E-state index in [9.17, 15) is 9.90 Å². The number of nitrogens with zero attached hydrogens (tertiary/aromatic N) is 1. The van der Waals surface area contributed by atoms with Crippen molar-refractivity contribution in [3.8, 4) is 11.5 Å².